The molecular weight excluding hydrogens is 385 g/mol. The summed E-state index contributed by atoms with van der Waals surface area (Å²) in [5, 5.41) is 3.04. The summed E-state index contributed by atoms with van der Waals surface area (Å²) in [6, 6.07) is 12.3. The Bertz CT molecular complexity index is 819. The molecule has 1 aliphatic rings. The highest BCUT2D eigenvalue weighted by Crippen LogP contribution is 2.28. The van der Waals surface area contributed by atoms with Crippen molar-refractivity contribution in [2.24, 2.45) is 0 Å². The molecule has 1 unspecified atom stereocenters. The van der Waals surface area contributed by atoms with Crippen LogP contribution in [0.25, 0.3) is 0 Å². The van der Waals surface area contributed by atoms with Crippen LogP contribution in [0.15, 0.2) is 42.5 Å². The van der Waals surface area contributed by atoms with Gasteiger partial charge in [-0.3, -0.25) is 4.79 Å². The van der Waals surface area contributed by atoms with Gasteiger partial charge in [-0.1, -0.05) is 19.1 Å². The van der Waals surface area contributed by atoms with Gasteiger partial charge < -0.3 is 15.1 Å². The minimum absolute atomic E-state index is 0.140. The molecule has 29 heavy (non-hydrogen) atoms. The lowest BCUT2D eigenvalue weighted by atomic mass is 10.0. The Kier molecular flexibility index (Phi) is 7.56. The highest BCUT2D eigenvalue weighted by molar-refractivity contribution is 7.97. The van der Waals surface area contributed by atoms with E-state index in [1.54, 1.807) is 17.8 Å². The van der Waals surface area contributed by atoms with Crippen LogP contribution in [-0.2, 0) is 5.75 Å². The van der Waals surface area contributed by atoms with Crippen LogP contribution in [0.3, 0.4) is 0 Å². The summed E-state index contributed by atoms with van der Waals surface area (Å²) >= 11 is 1.75. The van der Waals surface area contributed by atoms with Crippen LogP contribution in [0.5, 0.6) is 0 Å². The Morgan fingerprint density at radius 1 is 1.14 bits per heavy atom. The van der Waals surface area contributed by atoms with Crippen molar-refractivity contribution in [2.45, 2.75) is 25.6 Å². The van der Waals surface area contributed by atoms with Gasteiger partial charge in [0, 0.05) is 48.7 Å². The zero-order valence-electron chi connectivity index (χ0n) is 17.5. The summed E-state index contributed by atoms with van der Waals surface area (Å²) in [5.41, 5.74) is 3.64. The lowest BCUT2D eigenvalue weighted by Crippen LogP contribution is -2.46. The second kappa shape index (κ2) is 10.1. The maximum Gasteiger partial charge on any atom is 0.251 e. The molecule has 1 heterocycles. The number of amides is 1. The van der Waals surface area contributed by atoms with Crippen molar-refractivity contribution in [2.75, 3.05) is 43.9 Å². The van der Waals surface area contributed by atoms with Gasteiger partial charge in [-0.15, -0.1) is 0 Å². The van der Waals surface area contributed by atoms with Gasteiger partial charge in [-0.2, -0.15) is 11.8 Å². The predicted molar refractivity (Wildman–Crippen MR) is 120 cm³/mol. The van der Waals surface area contributed by atoms with Crippen molar-refractivity contribution < 1.29 is 9.18 Å². The summed E-state index contributed by atoms with van der Waals surface area (Å²) in [5.74, 6) is 0.508. The van der Waals surface area contributed by atoms with Crippen LogP contribution < -0.4 is 10.2 Å². The smallest absolute Gasteiger partial charge is 0.251 e. The van der Waals surface area contributed by atoms with Gasteiger partial charge in [0.25, 0.3) is 5.91 Å². The Morgan fingerprint density at radius 3 is 2.45 bits per heavy atom. The fourth-order valence-corrected chi connectivity index (χ4v) is 4.27. The van der Waals surface area contributed by atoms with E-state index >= 15 is 0 Å². The molecular formula is C23H30FN3OS. The van der Waals surface area contributed by atoms with E-state index in [4.69, 9.17) is 0 Å². The third kappa shape index (κ3) is 5.52. The molecule has 0 spiro atoms. The average molecular weight is 416 g/mol. The highest BCUT2D eigenvalue weighted by Gasteiger charge is 2.22. The molecule has 2 aromatic rings. The van der Waals surface area contributed by atoms with Crippen LogP contribution >= 0.6 is 11.8 Å². The molecule has 0 aliphatic carbocycles. The second-order valence-electron chi connectivity index (χ2n) is 7.45. The normalized spacial score (nSPS) is 15.9. The van der Waals surface area contributed by atoms with Crippen molar-refractivity contribution >= 4 is 23.4 Å². The minimum atomic E-state index is -0.289. The zero-order valence-corrected chi connectivity index (χ0v) is 18.3. The molecule has 6 heteroatoms. The molecule has 1 N–H and O–H groups in total. The monoisotopic (exact) mass is 415 g/mol. The Labute approximate surface area is 177 Å². The van der Waals surface area contributed by atoms with E-state index < -0.39 is 0 Å². The summed E-state index contributed by atoms with van der Waals surface area (Å²) in [7, 11) is 0. The first-order valence-electron chi connectivity index (χ1n) is 10.2. The van der Waals surface area contributed by atoms with E-state index in [0.717, 1.165) is 49.7 Å². The van der Waals surface area contributed by atoms with Gasteiger partial charge in [0.15, 0.2) is 0 Å². The molecule has 1 aliphatic heterocycles. The highest BCUT2D eigenvalue weighted by atomic mass is 32.2. The summed E-state index contributed by atoms with van der Waals surface area (Å²) in [6.45, 7) is 8.94. The minimum Gasteiger partial charge on any atom is -0.369 e. The maximum absolute atomic E-state index is 14.0. The van der Waals surface area contributed by atoms with Gasteiger partial charge in [-0.25, -0.2) is 4.39 Å². The number of nitrogens with one attached hydrogen (secondary N) is 1. The molecule has 0 bridgehead atoms. The molecule has 0 aromatic heterocycles. The van der Waals surface area contributed by atoms with Crippen molar-refractivity contribution in [1.29, 1.82) is 0 Å². The Morgan fingerprint density at radius 2 is 1.83 bits per heavy atom. The number of hydrogen-bond acceptors (Lipinski definition) is 4. The molecule has 3 rings (SSSR count). The van der Waals surface area contributed by atoms with Crippen molar-refractivity contribution in [3.05, 3.63) is 65.0 Å². The van der Waals surface area contributed by atoms with Crippen LogP contribution in [0.4, 0.5) is 10.1 Å². The van der Waals surface area contributed by atoms with Crippen LogP contribution in [0.1, 0.15) is 41.4 Å². The van der Waals surface area contributed by atoms with E-state index in [1.807, 2.05) is 37.3 Å². The molecule has 1 fully saturated rings. The number of hydrogen-bond donors (Lipinski definition) is 1. The fraction of sp³-hybridized carbons (Fsp3) is 0.435. The van der Waals surface area contributed by atoms with Gasteiger partial charge in [-0.05, 0) is 55.6 Å². The summed E-state index contributed by atoms with van der Waals surface area (Å²) in [4.78, 5) is 17.4. The maximum atomic E-state index is 14.0. The number of halogens is 1. The number of likely N-dealkylation sites (N-methyl/N-ethyl adjacent to an activating group) is 1. The standard InChI is InChI=1S/C23H30FN3OS/c1-4-26-11-13-27(14-12-26)22-10-9-20(24)15-21(22)17(2)25-23(28)19-7-5-18(6-8-19)16-29-3/h5-10,15,17H,4,11-14,16H2,1-3H3,(H,25,28). The van der Waals surface area contributed by atoms with Crippen LogP contribution in [-0.4, -0.2) is 49.8 Å². The first-order chi connectivity index (χ1) is 14.0. The second-order valence-corrected chi connectivity index (χ2v) is 8.32. The number of carbonyl (C=O) groups is 1. The molecule has 4 nitrogen and oxygen atoms in total. The molecule has 1 amide bonds. The first-order valence-corrected chi connectivity index (χ1v) is 11.6. The van der Waals surface area contributed by atoms with Crippen molar-refractivity contribution in [3.63, 3.8) is 0 Å². The number of anilines is 1. The number of piperazine rings is 1. The zero-order chi connectivity index (χ0) is 20.8. The number of rotatable bonds is 7. The van der Waals surface area contributed by atoms with Crippen LogP contribution in [0.2, 0.25) is 0 Å². The number of carbonyl (C=O) groups excluding carboxylic acids is 1. The Balaban J connectivity index is 1.73. The Hall–Kier alpha value is -2.05. The molecule has 2 aromatic carbocycles. The topological polar surface area (TPSA) is 35.6 Å². The molecule has 0 radical (unpaired) electrons. The number of thioether (sulfide) groups is 1. The third-order valence-corrected chi connectivity index (χ3v) is 6.11. The first kappa shape index (κ1) is 21.7. The summed E-state index contributed by atoms with van der Waals surface area (Å²) < 4.78 is 14.0. The quantitative estimate of drug-likeness (QED) is 0.731. The van der Waals surface area contributed by atoms with Gasteiger partial charge in [0.1, 0.15) is 5.82 Å². The van der Waals surface area contributed by atoms with E-state index in [0.29, 0.717) is 5.56 Å². The number of nitrogens with zero attached hydrogens (tertiary/aromatic N) is 2. The van der Waals surface area contributed by atoms with Crippen LogP contribution in [0, 0.1) is 5.82 Å². The van der Waals surface area contributed by atoms with Crippen molar-refractivity contribution in [3.8, 4) is 0 Å². The summed E-state index contributed by atoms with van der Waals surface area (Å²) in [6.07, 6.45) is 2.06. The van der Waals surface area contributed by atoms with E-state index in [2.05, 4.69) is 28.3 Å². The third-order valence-electron chi connectivity index (χ3n) is 5.49. The largest absolute Gasteiger partial charge is 0.369 e. The molecule has 1 atom stereocenters. The fourth-order valence-electron chi connectivity index (χ4n) is 3.74. The lowest BCUT2D eigenvalue weighted by molar-refractivity contribution is 0.0940. The van der Waals surface area contributed by atoms with E-state index in [-0.39, 0.29) is 17.8 Å². The van der Waals surface area contributed by atoms with E-state index in [9.17, 15) is 9.18 Å². The lowest BCUT2D eigenvalue weighted by Gasteiger charge is -2.37. The SMILES string of the molecule is CCN1CCN(c2ccc(F)cc2C(C)NC(=O)c2ccc(CSC)cc2)CC1. The molecule has 0 saturated carbocycles. The van der Waals surface area contributed by atoms with E-state index in [1.165, 1.54) is 11.6 Å². The average Bonchev–Trinajstić information content (AvgIpc) is 2.74. The number of benzene rings is 2. The molecule has 156 valence electrons. The molecule has 1 saturated heterocycles. The predicted octanol–water partition coefficient (Wildman–Crippen LogP) is 4.32. The van der Waals surface area contributed by atoms with Gasteiger partial charge in [0.2, 0.25) is 0 Å². The van der Waals surface area contributed by atoms with Gasteiger partial charge >= 0.3 is 0 Å². The van der Waals surface area contributed by atoms with Crippen molar-refractivity contribution in [1.82, 2.24) is 10.2 Å². The van der Waals surface area contributed by atoms with Gasteiger partial charge in [0.05, 0.1) is 6.04 Å².